The van der Waals surface area contributed by atoms with Gasteiger partial charge in [0, 0.05) is 12.1 Å². The molecule has 0 bridgehead atoms. The molecular formula is C13H12F3NO3. The van der Waals surface area contributed by atoms with E-state index in [9.17, 15) is 22.8 Å². The summed E-state index contributed by atoms with van der Waals surface area (Å²) in [5.74, 6) is -6.56. The second-order valence-electron chi connectivity index (χ2n) is 3.97. The van der Waals surface area contributed by atoms with Gasteiger partial charge in [-0.15, -0.1) is 6.58 Å². The lowest BCUT2D eigenvalue weighted by Crippen LogP contribution is -2.41. The average molecular weight is 287 g/mol. The van der Waals surface area contributed by atoms with E-state index in [4.69, 9.17) is 5.11 Å². The van der Waals surface area contributed by atoms with E-state index >= 15 is 0 Å². The highest BCUT2D eigenvalue weighted by Gasteiger charge is 2.24. The molecule has 0 fully saturated rings. The molecule has 0 aliphatic carbocycles. The Morgan fingerprint density at radius 1 is 1.30 bits per heavy atom. The van der Waals surface area contributed by atoms with Crippen LogP contribution in [0.15, 0.2) is 24.8 Å². The minimum absolute atomic E-state index is 0.0228. The lowest BCUT2D eigenvalue weighted by molar-refractivity contribution is -0.139. The van der Waals surface area contributed by atoms with Crippen molar-refractivity contribution in [1.29, 1.82) is 0 Å². The zero-order valence-electron chi connectivity index (χ0n) is 10.3. The third-order valence-electron chi connectivity index (χ3n) is 2.50. The standard InChI is InChI=1S/C13H12F3NO3/c1-2-3-4-10(13(19)20)17-12(18)11-8(15)5-7(14)6-9(11)16/h2,5-6,10H,1,3-4H2,(H,17,18)(H,19,20)/t10-/m0/s1. The van der Waals surface area contributed by atoms with Crippen LogP contribution in [0.3, 0.4) is 0 Å². The van der Waals surface area contributed by atoms with Gasteiger partial charge >= 0.3 is 5.97 Å². The molecule has 0 unspecified atom stereocenters. The number of benzene rings is 1. The van der Waals surface area contributed by atoms with Gasteiger partial charge in [-0.05, 0) is 12.8 Å². The highest BCUT2D eigenvalue weighted by molar-refractivity contribution is 5.97. The van der Waals surface area contributed by atoms with Crippen LogP contribution in [0.5, 0.6) is 0 Å². The Balaban J connectivity index is 2.94. The van der Waals surface area contributed by atoms with Gasteiger partial charge in [0.25, 0.3) is 5.91 Å². The Labute approximate surface area is 112 Å². The highest BCUT2D eigenvalue weighted by Crippen LogP contribution is 2.15. The summed E-state index contributed by atoms with van der Waals surface area (Å²) in [5, 5.41) is 10.9. The number of halogens is 3. The average Bonchev–Trinajstić information content (AvgIpc) is 2.32. The number of carboxylic acids is 1. The third-order valence-corrected chi connectivity index (χ3v) is 2.50. The summed E-state index contributed by atoms with van der Waals surface area (Å²) in [7, 11) is 0. The van der Waals surface area contributed by atoms with E-state index in [0.29, 0.717) is 18.6 Å². The van der Waals surface area contributed by atoms with Crippen LogP contribution in [0.4, 0.5) is 13.2 Å². The van der Waals surface area contributed by atoms with Crippen LogP contribution < -0.4 is 5.32 Å². The molecule has 0 heterocycles. The molecule has 0 saturated carbocycles. The Morgan fingerprint density at radius 2 is 1.85 bits per heavy atom. The van der Waals surface area contributed by atoms with Gasteiger partial charge in [-0.25, -0.2) is 18.0 Å². The van der Waals surface area contributed by atoms with E-state index < -0.39 is 40.9 Å². The van der Waals surface area contributed by atoms with Crippen LogP contribution in [-0.4, -0.2) is 23.0 Å². The van der Waals surface area contributed by atoms with Crippen molar-refractivity contribution in [3.05, 3.63) is 47.8 Å². The summed E-state index contributed by atoms with van der Waals surface area (Å²) in [6.45, 7) is 3.40. The molecule has 108 valence electrons. The fourth-order valence-electron chi connectivity index (χ4n) is 1.53. The number of carbonyl (C=O) groups excluding carboxylic acids is 1. The van der Waals surface area contributed by atoms with Crippen LogP contribution in [0.2, 0.25) is 0 Å². The lowest BCUT2D eigenvalue weighted by atomic mass is 10.1. The third kappa shape index (κ3) is 3.84. The number of rotatable bonds is 6. The summed E-state index contributed by atoms with van der Waals surface area (Å²) < 4.78 is 39.4. The van der Waals surface area contributed by atoms with Crippen molar-refractivity contribution < 1.29 is 27.9 Å². The molecule has 1 rings (SSSR count). The first-order chi connectivity index (χ1) is 9.36. The molecule has 1 aromatic carbocycles. The normalized spacial score (nSPS) is 11.8. The van der Waals surface area contributed by atoms with E-state index in [2.05, 4.69) is 6.58 Å². The van der Waals surface area contributed by atoms with Crippen molar-refractivity contribution in [2.75, 3.05) is 0 Å². The van der Waals surface area contributed by atoms with Gasteiger partial charge in [-0.2, -0.15) is 0 Å². The molecule has 0 aliphatic rings. The molecule has 1 amide bonds. The molecule has 1 atom stereocenters. The smallest absolute Gasteiger partial charge is 0.326 e. The lowest BCUT2D eigenvalue weighted by Gasteiger charge is -2.14. The summed E-state index contributed by atoms with van der Waals surface area (Å²) in [4.78, 5) is 22.6. The largest absolute Gasteiger partial charge is 0.480 e. The first-order valence-electron chi connectivity index (χ1n) is 5.66. The van der Waals surface area contributed by atoms with E-state index in [0.717, 1.165) is 0 Å². The number of hydrogen-bond donors (Lipinski definition) is 2. The van der Waals surface area contributed by atoms with E-state index in [1.807, 2.05) is 5.32 Å². The molecule has 20 heavy (non-hydrogen) atoms. The fraction of sp³-hybridized carbons (Fsp3) is 0.231. The highest BCUT2D eigenvalue weighted by atomic mass is 19.1. The molecule has 0 spiro atoms. The molecule has 2 N–H and O–H groups in total. The molecule has 1 aromatic rings. The molecule has 0 radical (unpaired) electrons. The molecule has 7 heteroatoms. The number of carboxylic acid groups (broad SMARTS) is 1. The second kappa shape index (κ2) is 6.74. The zero-order valence-corrected chi connectivity index (χ0v) is 10.3. The van der Waals surface area contributed by atoms with Gasteiger partial charge in [-0.3, -0.25) is 4.79 Å². The predicted molar refractivity (Wildman–Crippen MR) is 64.6 cm³/mol. The van der Waals surface area contributed by atoms with Crippen molar-refractivity contribution in [1.82, 2.24) is 5.32 Å². The first-order valence-corrected chi connectivity index (χ1v) is 5.66. The van der Waals surface area contributed by atoms with Crippen molar-refractivity contribution in [2.45, 2.75) is 18.9 Å². The Kier molecular flexibility index (Phi) is 5.31. The van der Waals surface area contributed by atoms with Gasteiger partial charge < -0.3 is 10.4 Å². The maximum atomic E-state index is 13.4. The maximum Gasteiger partial charge on any atom is 0.326 e. The minimum atomic E-state index is -1.40. The van der Waals surface area contributed by atoms with E-state index in [1.54, 1.807) is 0 Å². The summed E-state index contributed by atoms with van der Waals surface area (Å²) >= 11 is 0. The van der Waals surface area contributed by atoms with Gasteiger partial charge in [0.05, 0.1) is 0 Å². The van der Waals surface area contributed by atoms with Crippen molar-refractivity contribution in [2.24, 2.45) is 0 Å². The van der Waals surface area contributed by atoms with E-state index in [1.165, 1.54) is 6.08 Å². The van der Waals surface area contributed by atoms with Crippen molar-refractivity contribution >= 4 is 11.9 Å². The number of aliphatic carboxylic acids is 1. The quantitative estimate of drug-likeness (QED) is 0.789. The van der Waals surface area contributed by atoms with Gasteiger partial charge in [0.15, 0.2) is 0 Å². The Morgan fingerprint density at radius 3 is 2.30 bits per heavy atom. The second-order valence-corrected chi connectivity index (χ2v) is 3.97. The number of nitrogens with one attached hydrogen (secondary N) is 1. The topological polar surface area (TPSA) is 66.4 Å². The molecule has 0 aliphatic heterocycles. The minimum Gasteiger partial charge on any atom is -0.480 e. The Bertz CT molecular complexity index is 523. The zero-order chi connectivity index (χ0) is 15.3. The van der Waals surface area contributed by atoms with Crippen LogP contribution >= 0.6 is 0 Å². The molecular weight excluding hydrogens is 275 g/mol. The van der Waals surface area contributed by atoms with Crippen LogP contribution in [0.25, 0.3) is 0 Å². The monoisotopic (exact) mass is 287 g/mol. The van der Waals surface area contributed by atoms with Crippen LogP contribution in [0.1, 0.15) is 23.2 Å². The summed E-state index contributed by atoms with van der Waals surface area (Å²) in [5.41, 5.74) is -1.02. The first kappa shape index (κ1) is 15.7. The fourth-order valence-corrected chi connectivity index (χ4v) is 1.53. The van der Waals surface area contributed by atoms with Crippen molar-refractivity contribution in [3.63, 3.8) is 0 Å². The summed E-state index contributed by atoms with van der Waals surface area (Å²) in [6, 6.07) is -0.626. The SMILES string of the molecule is C=CCC[C@H](NC(=O)c1c(F)cc(F)cc1F)C(=O)O. The number of allylic oxidation sites excluding steroid dienone is 1. The predicted octanol–water partition coefficient (Wildman–Crippen LogP) is 2.25. The van der Waals surface area contributed by atoms with Gasteiger partial charge in [-0.1, -0.05) is 6.08 Å². The van der Waals surface area contributed by atoms with Crippen LogP contribution in [-0.2, 0) is 4.79 Å². The van der Waals surface area contributed by atoms with E-state index in [-0.39, 0.29) is 6.42 Å². The summed E-state index contributed by atoms with van der Waals surface area (Å²) in [6.07, 6.45) is 1.77. The van der Waals surface area contributed by atoms with Crippen molar-refractivity contribution in [3.8, 4) is 0 Å². The number of amides is 1. The number of hydrogen-bond acceptors (Lipinski definition) is 2. The molecule has 0 saturated heterocycles. The molecule has 0 aromatic heterocycles. The van der Waals surface area contributed by atoms with Gasteiger partial charge in [0.1, 0.15) is 29.1 Å². The van der Waals surface area contributed by atoms with Gasteiger partial charge in [0.2, 0.25) is 0 Å². The Hall–Kier alpha value is -2.31. The van der Waals surface area contributed by atoms with Crippen LogP contribution in [0, 0.1) is 17.5 Å². The number of carbonyl (C=O) groups is 2. The maximum absolute atomic E-state index is 13.4. The molecule has 4 nitrogen and oxygen atoms in total.